The molecule has 0 bridgehead atoms. The summed E-state index contributed by atoms with van der Waals surface area (Å²) in [7, 11) is 0. The second kappa shape index (κ2) is 21.1. The Hall–Kier alpha value is -2.73. The van der Waals surface area contributed by atoms with Crippen LogP contribution >= 0.6 is 0 Å². The number of aliphatic hydroxyl groups excluding tert-OH is 1. The average Bonchev–Trinajstić information content (AvgIpc) is 3.35. The van der Waals surface area contributed by atoms with Crippen LogP contribution in [-0.2, 0) is 16.0 Å². The van der Waals surface area contributed by atoms with Gasteiger partial charge < -0.3 is 14.7 Å². The molecule has 0 amide bonds. The lowest BCUT2D eigenvalue weighted by Crippen LogP contribution is -2.29. The summed E-state index contributed by atoms with van der Waals surface area (Å²) in [5, 5.41) is 11.9. The van der Waals surface area contributed by atoms with Crippen molar-refractivity contribution in [3.63, 3.8) is 0 Å². The maximum absolute atomic E-state index is 11.8. The summed E-state index contributed by atoms with van der Waals surface area (Å²) in [5.74, 6) is 0.976. The van der Waals surface area contributed by atoms with E-state index in [1.165, 1.54) is 16.7 Å². The molecule has 1 atom stereocenters. The van der Waals surface area contributed by atoms with E-state index in [0.29, 0.717) is 25.3 Å². The first-order valence-corrected chi connectivity index (χ1v) is 14.0. The van der Waals surface area contributed by atoms with Crippen LogP contribution in [0.2, 0.25) is 0 Å². The second-order valence-electron chi connectivity index (χ2n) is 10.2. The van der Waals surface area contributed by atoms with E-state index in [9.17, 15) is 4.79 Å². The number of benzene rings is 2. The van der Waals surface area contributed by atoms with Crippen LogP contribution in [0.3, 0.4) is 0 Å². The van der Waals surface area contributed by atoms with Crippen molar-refractivity contribution in [2.24, 2.45) is 5.92 Å². The third-order valence-corrected chi connectivity index (χ3v) is 7.16. The SMILES string of the molecule is C.C.C=Cc1ccc(CCC2CCC(N(CC)COCNCCCO)=C2C=O)cc1.Cc1ccccc1C(C)C.[HH]. The largest absolute Gasteiger partial charge is 0.396 e. The molecule has 226 valence electrons. The zero-order chi connectivity index (χ0) is 27.8. The van der Waals surface area contributed by atoms with E-state index < -0.39 is 0 Å². The summed E-state index contributed by atoms with van der Waals surface area (Å²) in [6.45, 7) is 15.2. The maximum Gasteiger partial charge on any atom is 0.148 e. The van der Waals surface area contributed by atoms with Crippen molar-refractivity contribution >= 4 is 12.4 Å². The van der Waals surface area contributed by atoms with Gasteiger partial charge in [-0.2, -0.15) is 0 Å². The molecule has 2 aromatic rings. The van der Waals surface area contributed by atoms with Crippen LogP contribution in [0.4, 0.5) is 0 Å². The molecule has 5 heteroatoms. The molecule has 2 aromatic carbocycles. The number of ether oxygens (including phenoxy) is 1. The first-order chi connectivity index (χ1) is 18.4. The molecule has 0 saturated carbocycles. The van der Waals surface area contributed by atoms with Gasteiger partial charge in [-0.25, -0.2) is 0 Å². The van der Waals surface area contributed by atoms with Gasteiger partial charge in [-0.15, -0.1) is 0 Å². The van der Waals surface area contributed by atoms with Crippen LogP contribution in [0.1, 0.15) is 90.9 Å². The summed E-state index contributed by atoms with van der Waals surface area (Å²) in [6, 6.07) is 17.0. The summed E-state index contributed by atoms with van der Waals surface area (Å²) < 4.78 is 5.70. The molecule has 2 N–H and O–H groups in total. The Balaban J connectivity index is 0. The highest BCUT2D eigenvalue weighted by Gasteiger charge is 2.27. The van der Waals surface area contributed by atoms with Gasteiger partial charge in [0.25, 0.3) is 0 Å². The zero-order valence-corrected chi connectivity index (χ0v) is 23.9. The normalized spacial score (nSPS) is 14.1. The fourth-order valence-electron chi connectivity index (χ4n) is 4.91. The molecule has 0 heterocycles. The van der Waals surface area contributed by atoms with Gasteiger partial charge in [-0.05, 0) is 86.6 Å². The minimum absolute atomic E-state index is 0. The van der Waals surface area contributed by atoms with Gasteiger partial charge in [-0.1, -0.05) is 89.9 Å². The smallest absolute Gasteiger partial charge is 0.148 e. The first-order valence-electron chi connectivity index (χ1n) is 14.0. The zero-order valence-electron chi connectivity index (χ0n) is 23.9. The Morgan fingerprint density at radius 1 is 1.18 bits per heavy atom. The van der Waals surface area contributed by atoms with Crippen molar-refractivity contribution in [3.8, 4) is 0 Å². The number of rotatable bonds is 15. The van der Waals surface area contributed by atoms with Gasteiger partial charge in [0.2, 0.25) is 0 Å². The van der Waals surface area contributed by atoms with Gasteiger partial charge in [0.05, 0.1) is 6.73 Å². The Morgan fingerprint density at radius 2 is 1.88 bits per heavy atom. The van der Waals surface area contributed by atoms with E-state index in [2.05, 4.69) is 93.0 Å². The highest BCUT2D eigenvalue weighted by atomic mass is 16.5. The molecule has 3 rings (SSSR count). The first kappa shape index (κ1) is 37.3. The topological polar surface area (TPSA) is 61.8 Å². The van der Waals surface area contributed by atoms with Gasteiger partial charge in [0, 0.05) is 25.8 Å². The molecule has 0 fully saturated rings. The van der Waals surface area contributed by atoms with Gasteiger partial charge in [-0.3, -0.25) is 10.1 Å². The third kappa shape index (κ3) is 12.2. The number of hydrogen-bond donors (Lipinski definition) is 2. The van der Waals surface area contributed by atoms with E-state index in [4.69, 9.17) is 9.84 Å². The van der Waals surface area contributed by atoms with Crippen molar-refractivity contribution in [1.82, 2.24) is 10.2 Å². The maximum atomic E-state index is 11.8. The molecule has 0 aromatic heterocycles. The number of allylic oxidation sites excluding steroid dienone is 2. The van der Waals surface area contributed by atoms with Crippen molar-refractivity contribution < 1.29 is 16.1 Å². The number of carbonyl (C=O) groups excluding carboxylic acids is 1. The number of aliphatic hydroxyl groups is 1. The van der Waals surface area contributed by atoms with E-state index >= 15 is 0 Å². The predicted octanol–water partition coefficient (Wildman–Crippen LogP) is 7.99. The van der Waals surface area contributed by atoms with Crippen molar-refractivity contribution in [2.45, 2.75) is 80.6 Å². The molecule has 1 unspecified atom stereocenters. The monoisotopic (exact) mass is 554 g/mol. The minimum atomic E-state index is 0. The Bertz CT molecular complexity index is 1000. The number of carbonyl (C=O) groups is 1. The quantitative estimate of drug-likeness (QED) is 0.133. The van der Waals surface area contributed by atoms with E-state index in [1.807, 2.05) is 6.08 Å². The Morgan fingerprint density at radius 3 is 2.42 bits per heavy atom. The van der Waals surface area contributed by atoms with Gasteiger partial charge in [0.1, 0.15) is 13.0 Å². The number of aldehydes is 1. The number of nitrogens with one attached hydrogen (secondary N) is 1. The molecular formula is C35H58N2O3. The highest BCUT2D eigenvalue weighted by molar-refractivity contribution is 5.76. The Kier molecular flexibility index (Phi) is 19.6. The number of nitrogens with zero attached hydrogens (tertiary/aromatic N) is 1. The fraction of sp³-hybridized carbons (Fsp3) is 0.514. The standard InChI is InChI=1S/C23H34N2O3.C10H14.2CH4.H2/c1-3-19-6-8-20(9-7-19)10-11-21-12-13-23(22(21)16-27)25(4-2)18-28-17-24-14-5-15-26;1-8(2)10-7-5-4-6-9(10)3;;;/h3,6-9,16,21,24,26H,1,4-5,10-15,17-18H2,2H3;4-8H,1-3H3;2*1H4;1H. The average molecular weight is 555 g/mol. The predicted molar refractivity (Wildman–Crippen MR) is 174 cm³/mol. The van der Waals surface area contributed by atoms with Gasteiger partial charge >= 0.3 is 0 Å². The molecule has 0 aliphatic heterocycles. The summed E-state index contributed by atoms with van der Waals surface area (Å²) in [4.78, 5) is 14.0. The second-order valence-corrected chi connectivity index (χ2v) is 10.2. The van der Waals surface area contributed by atoms with Gasteiger partial charge in [0.15, 0.2) is 0 Å². The van der Waals surface area contributed by atoms with Crippen LogP contribution in [0, 0.1) is 12.8 Å². The molecule has 1 aliphatic carbocycles. The molecular weight excluding hydrogens is 496 g/mol. The summed E-state index contributed by atoms with van der Waals surface area (Å²) in [6.07, 6.45) is 7.55. The third-order valence-electron chi connectivity index (χ3n) is 7.16. The lowest BCUT2D eigenvalue weighted by atomic mass is 9.94. The van der Waals surface area contributed by atoms with E-state index in [1.54, 1.807) is 0 Å². The Labute approximate surface area is 246 Å². The lowest BCUT2D eigenvalue weighted by molar-refractivity contribution is -0.105. The van der Waals surface area contributed by atoms with E-state index in [0.717, 1.165) is 68.3 Å². The van der Waals surface area contributed by atoms with Crippen LogP contribution in [0.5, 0.6) is 0 Å². The van der Waals surface area contributed by atoms with Crippen LogP contribution < -0.4 is 5.32 Å². The number of aryl methyl sites for hydroxylation is 2. The molecule has 0 saturated heterocycles. The number of hydrogen-bond acceptors (Lipinski definition) is 5. The van der Waals surface area contributed by atoms with Crippen LogP contribution in [0.25, 0.3) is 6.08 Å². The molecule has 40 heavy (non-hydrogen) atoms. The van der Waals surface area contributed by atoms with Crippen molar-refractivity contribution in [1.29, 1.82) is 0 Å². The minimum Gasteiger partial charge on any atom is -0.396 e. The van der Waals surface area contributed by atoms with Crippen LogP contribution in [-0.4, -0.2) is 49.5 Å². The lowest BCUT2D eigenvalue weighted by Gasteiger charge is -2.25. The fourth-order valence-corrected chi connectivity index (χ4v) is 4.91. The molecule has 0 radical (unpaired) electrons. The van der Waals surface area contributed by atoms with E-state index in [-0.39, 0.29) is 22.9 Å². The van der Waals surface area contributed by atoms with Crippen molar-refractivity contribution in [3.05, 3.63) is 88.6 Å². The molecule has 0 spiro atoms. The highest BCUT2D eigenvalue weighted by Crippen LogP contribution is 2.35. The summed E-state index contributed by atoms with van der Waals surface area (Å²) >= 11 is 0. The molecule has 1 aliphatic rings. The summed E-state index contributed by atoms with van der Waals surface area (Å²) in [5.41, 5.74) is 7.38. The van der Waals surface area contributed by atoms with Crippen molar-refractivity contribution in [2.75, 3.05) is 33.2 Å². The molecule has 5 nitrogen and oxygen atoms in total. The van der Waals surface area contributed by atoms with Crippen LogP contribution in [0.15, 0.2) is 66.4 Å².